The van der Waals surface area contributed by atoms with E-state index in [0.717, 1.165) is 0 Å². The van der Waals surface area contributed by atoms with Gasteiger partial charge in [-0.1, -0.05) is 0 Å². The number of rotatable bonds is 2. The molecule has 0 atom stereocenters. The Morgan fingerprint density at radius 1 is 1.91 bits per heavy atom. The predicted molar refractivity (Wildman–Crippen MR) is 37.8 cm³/mol. The maximum Gasteiger partial charge on any atom is 0.288 e. The number of amides is 1. The van der Waals surface area contributed by atoms with Crippen LogP contribution in [0.2, 0.25) is 0 Å². The van der Waals surface area contributed by atoms with E-state index >= 15 is 0 Å². The molecule has 11 heavy (non-hydrogen) atoms. The number of aromatic nitrogens is 1. The van der Waals surface area contributed by atoms with Gasteiger partial charge in [-0.3, -0.25) is 4.79 Å². The number of oxazole rings is 1. The zero-order valence-electron chi connectivity index (χ0n) is 6.13. The minimum Gasteiger partial charge on any atom is -0.434 e. The molecule has 0 aliphatic heterocycles. The van der Waals surface area contributed by atoms with Crippen LogP contribution in [-0.4, -0.2) is 17.9 Å². The van der Waals surface area contributed by atoms with E-state index in [2.05, 4.69) is 10.3 Å². The number of nitrogens with two attached hydrogens (primary N) is 1. The van der Waals surface area contributed by atoms with E-state index in [0.29, 0.717) is 5.89 Å². The summed E-state index contributed by atoms with van der Waals surface area (Å²) in [5.41, 5.74) is 5.22. The van der Waals surface area contributed by atoms with E-state index in [4.69, 9.17) is 10.2 Å². The van der Waals surface area contributed by atoms with Crippen molar-refractivity contribution in [2.45, 2.75) is 6.54 Å². The lowest BCUT2D eigenvalue weighted by molar-refractivity contribution is 0.0934. The van der Waals surface area contributed by atoms with Gasteiger partial charge in [0.15, 0.2) is 0 Å². The zero-order chi connectivity index (χ0) is 8.27. The lowest BCUT2D eigenvalue weighted by atomic mass is 10.5. The summed E-state index contributed by atoms with van der Waals surface area (Å²) in [7, 11) is 1.52. The molecule has 0 aliphatic rings. The van der Waals surface area contributed by atoms with E-state index in [1.807, 2.05) is 0 Å². The van der Waals surface area contributed by atoms with Gasteiger partial charge in [-0.25, -0.2) is 4.98 Å². The minimum absolute atomic E-state index is 0.188. The average Bonchev–Trinajstić information content (AvgIpc) is 2.50. The van der Waals surface area contributed by atoms with Crippen LogP contribution < -0.4 is 11.1 Å². The Balaban J connectivity index is 2.80. The third-order valence-electron chi connectivity index (χ3n) is 1.18. The van der Waals surface area contributed by atoms with Crippen LogP contribution in [0.4, 0.5) is 0 Å². The molecule has 0 aromatic carbocycles. The monoisotopic (exact) mass is 155 g/mol. The fourth-order valence-electron chi connectivity index (χ4n) is 0.633. The first kappa shape index (κ1) is 7.74. The SMILES string of the molecule is CNC(=O)c1cnc(CN)o1. The third-order valence-corrected chi connectivity index (χ3v) is 1.18. The van der Waals surface area contributed by atoms with Gasteiger partial charge in [0.05, 0.1) is 12.7 Å². The van der Waals surface area contributed by atoms with Gasteiger partial charge in [-0.15, -0.1) is 0 Å². The second-order valence-electron chi connectivity index (χ2n) is 1.90. The van der Waals surface area contributed by atoms with Crippen molar-refractivity contribution in [3.8, 4) is 0 Å². The van der Waals surface area contributed by atoms with Gasteiger partial charge < -0.3 is 15.5 Å². The lowest BCUT2D eigenvalue weighted by Crippen LogP contribution is -2.16. The Hall–Kier alpha value is -1.36. The summed E-state index contributed by atoms with van der Waals surface area (Å²) in [4.78, 5) is 14.6. The van der Waals surface area contributed by atoms with E-state index in [-0.39, 0.29) is 18.2 Å². The highest BCUT2D eigenvalue weighted by atomic mass is 16.4. The topological polar surface area (TPSA) is 81.2 Å². The Morgan fingerprint density at radius 2 is 2.64 bits per heavy atom. The van der Waals surface area contributed by atoms with Crippen LogP contribution in [-0.2, 0) is 6.54 Å². The molecule has 1 aromatic heterocycles. The smallest absolute Gasteiger partial charge is 0.288 e. The molecule has 0 radical (unpaired) electrons. The Morgan fingerprint density at radius 3 is 3.09 bits per heavy atom. The minimum atomic E-state index is -0.294. The van der Waals surface area contributed by atoms with Crippen molar-refractivity contribution in [1.82, 2.24) is 10.3 Å². The van der Waals surface area contributed by atoms with Crippen LogP contribution in [0.3, 0.4) is 0 Å². The number of carbonyl (C=O) groups excluding carboxylic acids is 1. The molecule has 0 saturated carbocycles. The predicted octanol–water partition coefficient (Wildman–Crippen LogP) is -0.507. The molecule has 5 nitrogen and oxygen atoms in total. The summed E-state index contributed by atoms with van der Waals surface area (Å²) in [6, 6.07) is 0. The van der Waals surface area contributed by atoms with Gasteiger partial charge in [-0.2, -0.15) is 0 Å². The fraction of sp³-hybridized carbons (Fsp3) is 0.333. The lowest BCUT2D eigenvalue weighted by Gasteiger charge is -1.90. The summed E-state index contributed by atoms with van der Waals surface area (Å²) in [6.45, 7) is 0.205. The largest absolute Gasteiger partial charge is 0.434 e. The van der Waals surface area contributed by atoms with E-state index in [1.165, 1.54) is 13.2 Å². The molecule has 60 valence electrons. The summed E-state index contributed by atoms with van der Waals surface area (Å²) in [6.07, 6.45) is 1.35. The number of nitrogens with one attached hydrogen (secondary N) is 1. The van der Waals surface area contributed by atoms with E-state index < -0.39 is 0 Å². The average molecular weight is 155 g/mol. The van der Waals surface area contributed by atoms with Crippen molar-refractivity contribution in [2.75, 3.05) is 7.05 Å². The van der Waals surface area contributed by atoms with Crippen LogP contribution in [0.15, 0.2) is 10.6 Å². The number of carbonyl (C=O) groups is 1. The van der Waals surface area contributed by atoms with Crippen LogP contribution in [0.5, 0.6) is 0 Å². The molecule has 1 heterocycles. The molecule has 3 N–H and O–H groups in total. The quantitative estimate of drug-likeness (QED) is 0.602. The van der Waals surface area contributed by atoms with Crippen molar-refractivity contribution in [3.05, 3.63) is 17.8 Å². The molecular weight excluding hydrogens is 146 g/mol. The number of nitrogens with zero attached hydrogens (tertiary/aromatic N) is 1. The normalized spacial score (nSPS) is 9.64. The van der Waals surface area contributed by atoms with Gasteiger partial charge in [-0.05, 0) is 0 Å². The maximum absolute atomic E-state index is 10.9. The van der Waals surface area contributed by atoms with Crippen molar-refractivity contribution < 1.29 is 9.21 Å². The van der Waals surface area contributed by atoms with Gasteiger partial charge >= 0.3 is 0 Å². The molecule has 0 fully saturated rings. The van der Waals surface area contributed by atoms with Gasteiger partial charge in [0, 0.05) is 7.05 Å². The Labute approximate surface area is 63.6 Å². The van der Waals surface area contributed by atoms with Crippen molar-refractivity contribution in [3.63, 3.8) is 0 Å². The van der Waals surface area contributed by atoms with Crippen molar-refractivity contribution in [2.24, 2.45) is 5.73 Å². The van der Waals surface area contributed by atoms with Crippen LogP contribution in [0.1, 0.15) is 16.4 Å². The summed E-state index contributed by atoms with van der Waals surface area (Å²) < 4.78 is 4.94. The highest BCUT2D eigenvalue weighted by molar-refractivity contribution is 5.90. The van der Waals surface area contributed by atoms with E-state index in [9.17, 15) is 4.79 Å². The highest BCUT2D eigenvalue weighted by Crippen LogP contribution is 2.01. The molecule has 0 unspecified atom stereocenters. The molecule has 0 saturated heterocycles. The molecule has 1 rings (SSSR count). The number of hydrogen-bond donors (Lipinski definition) is 2. The molecule has 5 heteroatoms. The summed E-state index contributed by atoms with van der Waals surface area (Å²) in [5.74, 6) is 0.258. The number of hydrogen-bond acceptors (Lipinski definition) is 4. The molecule has 1 aromatic rings. The molecule has 0 spiro atoms. The van der Waals surface area contributed by atoms with Crippen molar-refractivity contribution in [1.29, 1.82) is 0 Å². The van der Waals surface area contributed by atoms with Crippen LogP contribution in [0, 0.1) is 0 Å². The second-order valence-corrected chi connectivity index (χ2v) is 1.90. The first-order valence-corrected chi connectivity index (χ1v) is 3.14. The maximum atomic E-state index is 10.9. The Bertz CT molecular complexity index is 256. The fourth-order valence-corrected chi connectivity index (χ4v) is 0.633. The van der Waals surface area contributed by atoms with Gasteiger partial charge in [0.2, 0.25) is 11.7 Å². The summed E-state index contributed by atoms with van der Waals surface area (Å²) >= 11 is 0. The zero-order valence-corrected chi connectivity index (χ0v) is 6.13. The standard InChI is InChI=1S/C6H9N3O2/c1-8-6(10)4-3-9-5(2-7)11-4/h3H,2,7H2,1H3,(H,8,10). The van der Waals surface area contributed by atoms with Crippen molar-refractivity contribution >= 4 is 5.91 Å². The molecular formula is C6H9N3O2. The van der Waals surface area contributed by atoms with Gasteiger partial charge in [0.1, 0.15) is 0 Å². The van der Waals surface area contributed by atoms with E-state index in [1.54, 1.807) is 0 Å². The second kappa shape index (κ2) is 3.16. The van der Waals surface area contributed by atoms with Gasteiger partial charge in [0.25, 0.3) is 5.91 Å². The highest BCUT2D eigenvalue weighted by Gasteiger charge is 2.08. The molecule has 1 amide bonds. The third kappa shape index (κ3) is 1.56. The Kier molecular flexibility index (Phi) is 2.22. The first-order chi connectivity index (χ1) is 5.27. The van der Waals surface area contributed by atoms with Crippen LogP contribution in [0.25, 0.3) is 0 Å². The molecule has 0 aliphatic carbocycles. The first-order valence-electron chi connectivity index (χ1n) is 3.14. The summed E-state index contributed by atoms with van der Waals surface area (Å²) in [5, 5.41) is 2.41. The van der Waals surface area contributed by atoms with Crippen LogP contribution >= 0.6 is 0 Å². The molecule has 0 bridgehead atoms.